The summed E-state index contributed by atoms with van der Waals surface area (Å²) in [5.41, 5.74) is 0. The first kappa shape index (κ1) is 14.2. The third-order valence-corrected chi connectivity index (χ3v) is 5.50. The number of hydrogen-bond acceptors (Lipinski definition) is 3. The Morgan fingerprint density at radius 2 is 2.00 bits per heavy atom. The number of ether oxygens (including phenoxy) is 1. The minimum absolute atomic E-state index is 0.681. The Bertz CT molecular complexity index is 441. The molecular formula is C16H23NO2S. The quantitative estimate of drug-likeness (QED) is 0.772. The van der Waals surface area contributed by atoms with E-state index in [1.165, 1.54) is 19.3 Å². The van der Waals surface area contributed by atoms with Crippen LogP contribution >= 0.6 is 0 Å². The van der Waals surface area contributed by atoms with E-state index in [9.17, 15) is 4.21 Å². The Labute approximate surface area is 123 Å². The van der Waals surface area contributed by atoms with E-state index in [-0.39, 0.29) is 0 Å². The highest BCUT2D eigenvalue weighted by atomic mass is 32.2. The highest BCUT2D eigenvalue weighted by molar-refractivity contribution is 7.85. The maximum Gasteiger partial charge on any atom is 0.0542 e. The van der Waals surface area contributed by atoms with Gasteiger partial charge in [-0.3, -0.25) is 9.11 Å². The van der Waals surface area contributed by atoms with Gasteiger partial charge in [-0.1, -0.05) is 18.2 Å². The predicted octanol–water partition coefficient (Wildman–Crippen LogP) is 2.30. The van der Waals surface area contributed by atoms with Crippen molar-refractivity contribution in [3.05, 3.63) is 30.3 Å². The van der Waals surface area contributed by atoms with Gasteiger partial charge < -0.3 is 4.74 Å². The highest BCUT2D eigenvalue weighted by Crippen LogP contribution is 2.28. The van der Waals surface area contributed by atoms with E-state index in [4.69, 9.17) is 4.74 Å². The van der Waals surface area contributed by atoms with E-state index in [0.29, 0.717) is 5.92 Å². The molecule has 20 heavy (non-hydrogen) atoms. The zero-order valence-electron chi connectivity index (χ0n) is 11.9. The van der Waals surface area contributed by atoms with Gasteiger partial charge in [0, 0.05) is 36.4 Å². The minimum atomic E-state index is -0.869. The first-order valence-electron chi connectivity index (χ1n) is 7.58. The molecule has 1 aromatic rings. The Balaban J connectivity index is 1.50. The van der Waals surface area contributed by atoms with Crippen LogP contribution in [0.4, 0.5) is 0 Å². The second-order valence-corrected chi connectivity index (χ2v) is 7.39. The summed E-state index contributed by atoms with van der Waals surface area (Å²) in [5, 5.41) is 0. The van der Waals surface area contributed by atoms with E-state index < -0.39 is 10.8 Å². The van der Waals surface area contributed by atoms with Crippen molar-refractivity contribution >= 4 is 10.8 Å². The average Bonchev–Trinajstić information content (AvgIpc) is 3.21. The summed E-state index contributed by atoms with van der Waals surface area (Å²) in [7, 11) is -0.869. The second-order valence-electron chi connectivity index (χ2n) is 5.82. The summed E-state index contributed by atoms with van der Waals surface area (Å²) in [6, 6.07) is 10.6. The van der Waals surface area contributed by atoms with Crippen molar-refractivity contribution < 1.29 is 8.95 Å². The maximum atomic E-state index is 12.3. The van der Waals surface area contributed by atoms with Crippen LogP contribution in [0.1, 0.15) is 19.3 Å². The van der Waals surface area contributed by atoms with E-state index >= 15 is 0 Å². The Morgan fingerprint density at radius 3 is 2.65 bits per heavy atom. The first-order chi connectivity index (χ1) is 9.83. The SMILES string of the molecule is O=[S@](CCN(C[C@@H]1CCOC1)C1CC1)c1ccccc1. The van der Waals surface area contributed by atoms with E-state index in [1.807, 2.05) is 30.3 Å². The molecule has 3 rings (SSSR count). The average molecular weight is 293 g/mol. The van der Waals surface area contributed by atoms with Gasteiger partial charge in [-0.2, -0.15) is 0 Å². The number of hydrogen-bond donors (Lipinski definition) is 0. The Hall–Kier alpha value is -0.710. The predicted molar refractivity (Wildman–Crippen MR) is 81.2 cm³/mol. The van der Waals surface area contributed by atoms with Crippen LogP contribution in [0.3, 0.4) is 0 Å². The van der Waals surface area contributed by atoms with Crippen molar-refractivity contribution in [1.82, 2.24) is 4.90 Å². The van der Waals surface area contributed by atoms with Gasteiger partial charge in [-0.15, -0.1) is 0 Å². The third-order valence-electron chi connectivity index (χ3n) is 4.15. The van der Waals surface area contributed by atoms with Crippen molar-refractivity contribution in [2.24, 2.45) is 5.92 Å². The van der Waals surface area contributed by atoms with Gasteiger partial charge in [-0.25, -0.2) is 0 Å². The lowest BCUT2D eigenvalue weighted by molar-refractivity contribution is 0.167. The van der Waals surface area contributed by atoms with Crippen LogP contribution in [0.25, 0.3) is 0 Å². The van der Waals surface area contributed by atoms with Crippen molar-refractivity contribution in [3.63, 3.8) is 0 Å². The molecule has 0 amide bonds. The normalized spacial score (nSPS) is 24.1. The third kappa shape index (κ3) is 3.90. The molecule has 0 bridgehead atoms. The van der Waals surface area contributed by atoms with Gasteiger partial charge in [0.25, 0.3) is 0 Å². The molecule has 2 aliphatic rings. The van der Waals surface area contributed by atoms with Gasteiger partial charge in [0.15, 0.2) is 0 Å². The van der Waals surface area contributed by atoms with Gasteiger partial charge in [-0.05, 0) is 37.3 Å². The molecule has 110 valence electrons. The molecule has 2 fully saturated rings. The van der Waals surface area contributed by atoms with Crippen LogP contribution in [-0.2, 0) is 15.5 Å². The molecule has 1 heterocycles. The lowest BCUT2D eigenvalue weighted by Gasteiger charge is -2.24. The second kappa shape index (κ2) is 6.83. The summed E-state index contributed by atoms with van der Waals surface area (Å²) in [6.07, 6.45) is 3.81. The van der Waals surface area contributed by atoms with Crippen LogP contribution in [0.15, 0.2) is 35.2 Å². The van der Waals surface area contributed by atoms with Crippen molar-refractivity contribution in [3.8, 4) is 0 Å². The number of nitrogens with zero attached hydrogens (tertiary/aromatic N) is 1. The van der Waals surface area contributed by atoms with Crippen LogP contribution in [0, 0.1) is 5.92 Å². The van der Waals surface area contributed by atoms with Crippen LogP contribution in [0.5, 0.6) is 0 Å². The smallest absolute Gasteiger partial charge is 0.0542 e. The molecule has 1 saturated heterocycles. The molecule has 0 unspecified atom stereocenters. The molecule has 0 aromatic heterocycles. The standard InChI is InChI=1S/C16H23NO2S/c18-20(16-4-2-1-3-5-16)11-9-17(15-6-7-15)12-14-8-10-19-13-14/h1-5,14-15H,6-13H2/t14-,20+/m0/s1. The van der Waals surface area contributed by atoms with Gasteiger partial charge >= 0.3 is 0 Å². The molecule has 1 aliphatic carbocycles. The molecule has 2 atom stereocenters. The van der Waals surface area contributed by atoms with Crippen LogP contribution in [-0.4, -0.2) is 47.2 Å². The lowest BCUT2D eigenvalue weighted by atomic mass is 10.1. The van der Waals surface area contributed by atoms with Crippen molar-refractivity contribution in [2.75, 3.05) is 32.1 Å². The van der Waals surface area contributed by atoms with Gasteiger partial charge in [0.05, 0.1) is 17.4 Å². The molecular weight excluding hydrogens is 270 g/mol. The van der Waals surface area contributed by atoms with Crippen molar-refractivity contribution in [2.45, 2.75) is 30.2 Å². The number of benzene rings is 1. The summed E-state index contributed by atoms with van der Waals surface area (Å²) in [6.45, 7) is 3.89. The molecule has 3 nitrogen and oxygen atoms in total. The van der Waals surface area contributed by atoms with E-state index in [2.05, 4.69) is 4.90 Å². The Morgan fingerprint density at radius 1 is 1.20 bits per heavy atom. The fourth-order valence-corrected chi connectivity index (χ4v) is 3.91. The summed E-state index contributed by atoms with van der Waals surface area (Å²) >= 11 is 0. The zero-order chi connectivity index (χ0) is 13.8. The molecule has 1 aromatic carbocycles. The van der Waals surface area contributed by atoms with Crippen LogP contribution in [0.2, 0.25) is 0 Å². The van der Waals surface area contributed by atoms with Crippen LogP contribution < -0.4 is 0 Å². The van der Waals surface area contributed by atoms with Gasteiger partial charge in [0.1, 0.15) is 0 Å². The minimum Gasteiger partial charge on any atom is -0.381 e. The summed E-state index contributed by atoms with van der Waals surface area (Å²) in [4.78, 5) is 3.49. The first-order valence-corrected chi connectivity index (χ1v) is 8.90. The Kier molecular flexibility index (Phi) is 4.86. The molecule has 1 saturated carbocycles. The largest absolute Gasteiger partial charge is 0.381 e. The van der Waals surface area contributed by atoms with Gasteiger partial charge in [0.2, 0.25) is 0 Å². The molecule has 1 aliphatic heterocycles. The fraction of sp³-hybridized carbons (Fsp3) is 0.625. The molecule has 0 N–H and O–H groups in total. The van der Waals surface area contributed by atoms with E-state index in [1.54, 1.807) is 0 Å². The summed E-state index contributed by atoms with van der Waals surface area (Å²) in [5.74, 6) is 1.43. The lowest BCUT2D eigenvalue weighted by Crippen LogP contribution is -2.35. The monoisotopic (exact) mass is 293 g/mol. The topological polar surface area (TPSA) is 29.5 Å². The molecule has 4 heteroatoms. The van der Waals surface area contributed by atoms with Crippen molar-refractivity contribution in [1.29, 1.82) is 0 Å². The summed E-state index contributed by atoms with van der Waals surface area (Å²) < 4.78 is 17.8. The number of rotatable bonds is 7. The van der Waals surface area contributed by atoms with E-state index in [0.717, 1.165) is 43.0 Å². The highest BCUT2D eigenvalue weighted by Gasteiger charge is 2.31. The maximum absolute atomic E-state index is 12.3. The fourth-order valence-electron chi connectivity index (χ4n) is 2.81. The molecule has 0 radical (unpaired) electrons. The zero-order valence-corrected chi connectivity index (χ0v) is 12.7. The molecule has 0 spiro atoms.